The van der Waals surface area contributed by atoms with E-state index in [1.165, 1.54) is 143 Å². The highest BCUT2D eigenvalue weighted by Gasteiger charge is 2.48. The number of fused-ring (bicyclic) bond motifs is 14. The van der Waals surface area contributed by atoms with Crippen LogP contribution in [0.2, 0.25) is 0 Å². The standard InChI is InChI=1S/C72H48/c1-71(2)64-32-18-17-25-55(64)56-40-39-49(43-65(56)71)68-60-29-14-12-27-58(60)67(59-28-13-15-30-61(59)68)46-35-33-45(34-36-46)47-37-38-48-42-63-66(44-50(48)41-47)72(51-19-5-3-6-20-51,52-21-7-4-8-22-52)70-62-31-16-10-24-54(62)53-23-9-11-26-57(53)69(63)70/h3-44H,1-2H3. The molecule has 0 unspecified atom stereocenters. The zero-order valence-electron chi connectivity index (χ0n) is 40.2. The van der Waals surface area contributed by atoms with Crippen molar-refractivity contribution in [3.8, 4) is 55.6 Å². The van der Waals surface area contributed by atoms with E-state index in [1.54, 1.807) is 0 Å². The molecule has 0 aromatic heterocycles. The summed E-state index contributed by atoms with van der Waals surface area (Å²) >= 11 is 0. The van der Waals surface area contributed by atoms with Crippen molar-refractivity contribution >= 4 is 53.9 Å². The van der Waals surface area contributed by atoms with Gasteiger partial charge in [0.05, 0.1) is 5.41 Å². The number of hydrogen-bond acceptors (Lipinski definition) is 0. The molecule has 2 aliphatic carbocycles. The van der Waals surface area contributed by atoms with Crippen LogP contribution in [0.5, 0.6) is 0 Å². The Balaban J connectivity index is 0.889. The third-order valence-corrected chi connectivity index (χ3v) is 16.7. The van der Waals surface area contributed by atoms with Gasteiger partial charge in [0.2, 0.25) is 0 Å². The lowest BCUT2D eigenvalue weighted by Gasteiger charge is -2.35. The van der Waals surface area contributed by atoms with E-state index in [2.05, 4.69) is 269 Å². The Morgan fingerprint density at radius 2 is 0.708 bits per heavy atom. The van der Waals surface area contributed by atoms with Gasteiger partial charge in [0.1, 0.15) is 0 Å². The Labute approximate surface area is 420 Å². The fourth-order valence-corrected chi connectivity index (χ4v) is 13.5. The van der Waals surface area contributed by atoms with Crippen LogP contribution in [0, 0.1) is 0 Å². The maximum Gasteiger partial charge on any atom is 0.0720 e. The van der Waals surface area contributed by atoms with Gasteiger partial charge in [0.15, 0.2) is 0 Å². The molecule has 0 fully saturated rings. The highest BCUT2D eigenvalue weighted by atomic mass is 14.5. The van der Waals surface area contributed by atoms with Crippen LogP contribution in [-0.2, 0) is 10.8 Å². The van der Waals surface area contributed by atoms with Crippen LogP contribution in [0.4, 0.5) is 0 Å². The molecule has 13 aromatic rings. The van der Waals surface area contributed by atoms with Gasteiger partial charge in [0.25, 0.3) is 0 Å². The Hall–Kier alpha value is -8.84. The zero-order chi connectivity index (χ0) is 47.7. The average molecular weight is 913 g/mol. The van der Waals surface area contributed by atoms with Crippen LogP contribution < -0.4 is 0 Å². The molecule has 0 radical (unpaired) electrons. The average Bonchev–Trinajstić information content (AvgIpc) is 3.87. The molecule has 13 aromatic carbocycles. The Morgan fingerprint density at radius 3 is 1.33 bits per heavy atom. The van der Waals surface area contributed by atoms with Gasteiger partial charge in [-0.25, -0.2) is 0 Å². The molecule has 0 spiro atoms. The van der Waals surface area contributed by atoms with Crippen molar-refractivity contribution in [2.75, 3.05) is 0 Å². The van der Waals surface area contributed by atoms with Crippen molar-refractivity contribution in [3.63, 3.8) is 0 Å². The molecule has 72 heavy (non-hydrogen) atoms. The van der Waals surface area contributed by atoms with Crippen LogP contribution in [0.1, 0.15) is 47.2 Å². The first kappa shape index (κ1) is 41.0. The fraction of sp³-hybridized carbons (Fsp3) is 0.0556. The first-order valence-corrected chi connectivity index (χ1v) is 25.4. The Bertz CT molecular complexity index is 4290. The van der Waals surface area contributed by atoms with E-state index in [0.29, 0.717) is 0 Å². The summed E-state index contributed by atoms with van der Waals surface area (Å²) in [6.45, 7) is 4.75. The molecule has 0 heterocycles. The molecule has 336 valence electrons. The van der Waals surface area contributed by atoms with Crippen molar-refractivity contribution in [3.05, 3.63) is 288 Å². The molecular weight excluding hydrogens is 865 g/mol. The molecule has 0 nitrogen and oxygen atoms in total. The summed E-state index contributed by atoms with van der Waals surface area (Å²) < 4.78 is 0. The van der Waals surface area contributed by atoms with Crippen LogP contribution in [0.25, 0.3) is 109 Å². The molecule has 0 aliphatic heterocycles. The van der Waals surface area contributed by atoms with Crippen LogP contribution in [-0.4, -0.2) is 0 Å². The summed E-state index contributed by atoms with van der Waals surface area (Å²) in [5, 5.41) is 12.7. The summed E-state index contributed by atoms with van der Waals surface area (Å²) in [7, 11) is 0. The smallest absolute Gasteiger partial charge is 0.0622 e. The van der Waals surface area contributed by atoms with E-state index < -0.39 is 5.41 Å². The van der Waals surface area contributed by atoms with Gasteiger partial charge in [-0.15, -0.1) is 0 Å². The highest BCUT2D eigenvalue weighted by Crippen LogP contribution is 2.61. The maximum absolute atomic E-state index is 2.52. The summed E-state index contributed by atoms with van der Waals surface area (Å²) in [5.74, 6) is 0. The highest BCUT2D eigenvalue weighted by molar-refractivity contribution is 6.22. The largest absolute Gasteiger partial charge is 0.0720 e. The normalized spacial score (nSPS) is 13.9. The number of hydrogen-bond donors (Lipinski definition) is 0. The van der Waals surface area contributed by atoms with Crippen LogP contribution in [0.15, 0.2) is 255 Å². The quantitative estimate of drug-likeness (QED) is 0.119. The third kappa shape index (κ3) is 5.64. The second-order valence-electron chi connectivity index (χ2n) is 20.6. The molecule has 0 atom stereocenters. The first-order valence-electron chi connectivity index (χ1n) is 25.4. The van der Waals surface area contributed by atoms with Crippen LogP contribution >= 0.6 is 0 Å². The SMILES string of the molecule is CC1(C)c2ccccc2-c2ccc(-c3c4ccccc4c(-c4ccc(-c5ccc6cc7c(cc6c5)C(c5ccccc5)(c5ccccc5)c5c-7c6ccccc6c6ccccc56)cc4)c4ccccc34)cc21. The Kier molecular flexibility index (Phi) is 8.73. The number of rotatable bonds is 5. The van der Waals surface area contributed by atoms with E-state index >= 15 is 0 Å². The van der Waals surface area contributed by atoms with Crippen molar-refractivity contribution in [2.45, 2.75) is 24.7 Å². The van der Waals surface area contributed by atoms with Gasteiger partial charge in [-0.3, -0.25) is 0 Å². The molecule has 0 N–H and O–H groups in total. The lowest BCUT2D eigenvalue weighted by molar-refractivity contribution is 0.660. The van der Waals surface area contributed by atoms with Crippen molar-refractivity contribution in [1.82, 2.24) is 0 Å². The summed E-state index contributed by atoms with van der Waals surface area (Å²) in [6.07, 6.45) is 0. The molecule has 0 heteroatoms. The van der Waals surface area contributed by atoms with Gasteiger partial charge in [-0.1, -0.05) is 244 Å². The minimum absolute atomic E-state index is 0.0776. The van der Waals surface area contributed by atoms with Crippen LogP contribution in [0.3, 0.4) is 0 Å². The van der Waals surface area contributed by atoms with Crippen molar-refractivity contribution < 1.29 is 0 Å². The van der Waals surface area contributed by atoms with Gasteiger partial charge >= 0.3 is 0 Å². The maximum atomic E-state index is 2.52. The third-order valence-electron chi connectivity index (χ3n) is 16.7. The van der Waals surface area contributed by atoms with E-state index in [1.807, 2.05) is 0 Å². The van der Waals surface area contributed by atoms with Gasteiger partial charge in [-0.05, 0) is 167 Å². The van der Waals surface area contributed by atoms with E-state index in [-0.39, 0.29) is 5.41 Å². The Morgan fingerprint density at radius 1 is 0.250 bits per heavy atom. The van der Waals surface area contributed by atoms with Crippen molar-refractivity contribution in [1.29, 1.82) is 0 Å². The minimum Gasteiger partial charge on any atom is -0.0622 e. The second-order valence-corrected chi connectivity index (χ2v) is 20.6. The van der Waals surface area contributed by atoms with E-state index in [4.69, 9.17) is 0 Å². The molecule has 15 rings (SSSR count). The summed E-state index contributed by atoms with van der Waals surface area (Å²) in [6, 6.07) is 96.1. The van der Waals surface area contributed by atoms with Crippen molar-refractivity contribution in [2.24, 2.45) is 0 Å². The lowest BCUT2D eigenvalue weighted by Crippen LogP contribution is -2.28. The first-order chi connectivity index (χ1) is 35.5. The van der Waals surface area contributed by atoms with Gasteiger partial charge in [-0.2, -0.15) is 0 Å². The van der Waals surface area contributed by atoms with E-state index in [9.17, 15) is 0 Å². The molecule has 0 amide bonds. The molecule has 0 saturated heterocycles. The molecule has 0 saturated carbocycles. The van der Waals surface area contributed by atoms with Gasteiger partial charge in [0, 0.05) is 5.41 Å². The lowest BCUT2D eigenvalue weighted by atomic mass is 9.66. The minimum atomic E-state index is -0.549. The topological polar surface area (TPSA) is 0 Å². The molecule has 0 bridgehead atoms. The summed E-state index contributed by atoms with van der Waals surface area (Å²) in [4.78, 5) is 0. The van der Waals surface area contributed by atoms with E-state index in [0.717, 1.165) is 0 Å². The monoisotopic (exact) mass is 912 g/mol. The molecular formula is C72H48. The predicted molar refractivity (Wildman–Crippen MR) is 305 cm³/mol. The predicted octanol–water partition coefficient (Wildman–Crippen LogP) is 19.1. The number of benzene rings is 13. The molecule has 2 aliphatic rings. The van der Waals surface area contributed by atoms with Gasteiger partial charge < -0.3 is 0 Å². The zero-order valence-corrected chi connectivity index (χ0v) is 40.2. The summed E-state index contributed by atoms with van der Waals surface area (Å²) in [5.41, 5.74) is 20.2. The fourth-order valence-electron chi connectivity index (χ4n) is 13.5. The second kappa shape index (κ2) is 15.3.